The van der Waals surface area contributed by atoms with Crippen molar-refractivity contribution in [2.24, 2.45) is 5.92 Å². The van der Waals surface area contributed by atoms with E-state index < -0.39 is 0 Å². The first kappa shape index (κ1) is 14.0. The fourth-order valence-electron chi connectivity index (χ4n) is 2.76. The van der Waals surface area contributed by atoms with Crippen molar-refractivity contribution < 1.29 is 9.18 Å². The molecule has 19 heavy (non-hydrogen) atoms. The molecule has 1 saturated carbocycles. The van der Waals surface area contributed by atoms with Crippen molar-refractivity contribution in [2.75, 3.05) is 6.54 Å². The molecule has 0 bridgehead atoms. The van der Waals surface area contributed by atoms with Gasteiger partial charge in [0.1, 0.15) is 5.82 Å². The molecule has 0 saturated heterocycles. The molecule has 1 N–H and O–H groups in total. The van der Waals surface area contributed by atoms with Crippen LogP contribution in [0.5, 0.6) is 0 Å². The first-order chi connectivity index (χ1) is 9.24. The van der Waals surface area contributed by atoms with Crippen molar-refractivity contribution >= 4 is 5.91 Å². The fourth-order valence-corrected chi connectivity index (χ4v) is 2.76. The van der Waals surface area contributed by atoms with Crippen LogP contribution in [0.15, 0.2) is 24.3 Å². The van der Waals surface area contributed by atoms with Crippen molar-refractivity contribution in [1.29, 1.82) is 0 Å². The van der Waals surface area contributed by atoms with Crippen molar-refractivity contribution in [3.05, 3.63) is 35.6 Å². The molecule has 1 aromatic carbocycles. The number of carbonyl (C=O) groups is 1. The predicted octanol–water partition coefficient (Wildman–Crippen LogP) is 3.45. The molecule has 104 valence electrons. The maximum Gasteiger partial charge on any atom is 0.220 e. The van der Waals surface area contributed by atoms with Crippen molar-refractivity contribution in [2.45, 2.75) is 44.9 Å². The number of nitrogens with one attached hydrogen (secondary N) is 1. The second-order valence-electron chi connectivity index (χ2n) is 5.42. The number of hydrogen-bond acceptors (Lipinski definition) is 1. The number of amides is 1. The van der Waals surface area contributed by atoms with Crippen LogP contribution in [0.4, 0.5) is 4.39 Å². The van der Waals surface area contributed by atoms with Crippen LogP contribution in [0.3, 0.4) is 0 Å². The number of halogens is 1. The minimum Gasteiger partial charge on any atom is -0.356 e. The highest BCUT2D eigenvalue weighted by molar-refractivity contribution is 5.75. The largest absolute Gasteiger partial charge is 0.356 e. The van der Waals surface area contributed by atoms with Gasteiger partial charge in [-0.2, -0.15) is 0 Å². The lowest BCUT2D eigenvalue weighted by Crippen LogP contribution is -2.25. The van der Waals surface area contributed by atoms with Crippen LogP contribution in [0.25, 0.3) is 0 Å². The maximum atomic E-state index is 13.0. The summed E-state index contributed by atoms with van der Waals surface area (Å²) in [6, 6.07) is 6.54. The topological polar surface area (TPSA) is 29.1 Å². The normalized spacial score (nSPS) is 15.6. The summed E-state index contributed by atoms with van der Waals surface area (Å²) in [6.45, 7) is 0.590. The Bertz CT molecular complexity index is 413. The third-order valence-electron chi connectivity index (χ3n) is 3.88. The molecule has 0 radical (unpaired) electrons. The molecule has 1 aliphatic rings. The Hall–Kier alpha value is -1.38. The molecule has 0 spiro atoms. The van der Waals surface area contributed by atoms with Crippen molar-refractivity contribution in [1.82, 2.24) is 5.32 Å². The Kier molecular flexibility index (Phi) is 5.37. The fraction of sp³-hybridized carbons (Fsp3) is 0.562. The first-order valence-corrected chi connectivity index (χ1v) is 7.25. The van der Waals surface area contributed by atoms with Gasteiger partial charge >= 0.3 is 0 Å². The van der Waals surface area contributed by atoms with Crippen molar-refractivity contribution in [3.8, 4) is 0 Å². The summed E-state index contributed by atoms with van der Waals surface area (Å²) in [5.74, 6) is 0.669. The lowest BCUT2D eigenvalue weighted by atomic mass is 10.0. The van der Waals surface area contributed by atoms with E-state index >= 15 is 0 Å². The lowest BCUT2D eigenvalue weighted by Gasteiger charge is -2.09. The number of rotatable bonds is 6. The van der Waals surface area contributed by atoms with E-state index in [-0.39, 0.29) is 11.7 Å². The summed E-state index contributed by atoms with van der Waals surface area (Å²) >= 11 is 0. The molecule has 0 unspecified atom stereocenters. The zero-order valence-electron chi connectivity index (χ0n) is 11.3. The molecule has 1 aromatic rings. The van der Waals surface area contributed by atoms with Gasteiger partial charge < -0.3 is 5.32 Å². The molecule has 0 heterocycles. The smallest absolute Gasteiger partial charge is 0.220 e. The molecule has 0 atom stereocenters. The third-order valence-corrected chi connectivity index (χ3v) is 3.88. The maximum absolute atomic E-state index is 13.0. The summed E-state index contributed by atoms with van der Waals surface area (Å²) < 4.78 is 13.0. The molecule has 2 rings (SSSR count). The highest BCUT2D eigenvalue weighted by Gasteiger charge is 2.15. The second-order valence-corrected chi connectivity index (χ2v) is 5.42. The highest BCUT2D eigenvalue weighted by Crippen LogP contribution is 2.28. The monoisotopic (exact) mass is 263 g/mol. The van der Waals surface area contributed by atoms with E-state index in [0.29, 0.717) is 19.4 Å². The van der Waals surface area contributed by atoms with Crippen LogP contribution < -0.4 is 5.32 Å². The van der Waals surface area contributed by atoms with E-state index in [1.807, 2.05) is 6.07 Å². The molecule has 2 nitrogen and oxygen atoms in total. The molecule has 3 heteroatoms. The summed E-state index contributed by atoms with van der Waals surface area (Å²) in [7, 11) is 0. The molecule has 0 aromatic heterocycles. The van der Waals surface area contributed by atoms with E-state index in [9.17, 15) is 9.18 Å². The van der Waals surface area contributed by atoms with Gasteiger partial charge in [-0.3, -0.25) is 4.79 Å². The van der Waals surface area contributed by atoms with Gasteiger partial charge in [0, 0.05) is 13.0 Å². The summed E-state index contributed by atoms with van der Waals surface area (Å²) in [4.78, 5) is 11.7. The quantitative estimate of drug-likeness (QED) is 0.836. The Balaban J connectivity index is 1.60. The van der Waals surface area contributed by atoms with Crippen LogP contribution in [0, 0.1) is 11.7 Å². The van der Waals surface area contributed by atoms with Crippen LogP contribution in [-0.2, 0) is 11.2 Å². The van der Waals surface area contributed by atoms with E-state index in [4.69, 9.17) is 0 Å². The number of carbonyl (C=O) groups excluding carboxylic acids is 1. The molecular formula is C16H22FNO. The Labute approximate surface area is 114 Å². The molecule has 0 aliphatic heterocycles. The van der Waals surface area contributed by atoms with Gasteiger partial charge in [0.25, 0.3) is 0 Å². The molecule has 1 amide bonds. The highest BCUT2D eigenvalue weighted by atomic mass is 19.1. The van der Waals surface area contributed by atoms with Crippen LogP contribution in [0.1, 0.15) is 44.1 Å². The van der Waals surface area contributed by atoms with Gasteiger partial charge in [-0.1, -0.05) is 37.8 Å². The number of benzene rings is 1. The third kappa shape index (κ3) is 5.01. The van der Waals surface area contributed by atoms with Gasteiger partial charge in [0.15, 0.2) is 0 Å². The summed E-state index contributed by atoms with van der Waals surface area (Å²) in [6.07, 6.45) is 7.57. The van der Waals surface area contributed by atoms with Gasteiger partial charge in [-0.05, 0) is 36.5 Å². The van der Waals surface area contributed by atoms with Crippen LogP contribution in [-0.4, -0.2) is 12.5 Å². The van der Waals surface area contributed by atoms with Gasteiger partial charge in [0.2, 0.25) is 5.91 Å². The Morgan fingerprint density at radius 1 is 1.32 bits per heavy atom. The van der Waals surface area contributed by atoms with E-state index in [1.165, 1.54) is 37.8 Å². The first-order valence-electron chi connectivity index (χ1n) is 7.25. The average Bonchev–Trinajstić information content (AvgIpc) is 2.89. The number of hydrogen-bond donors (Lipinski definition) is 1. The lowest BCUT2D eigenvalue weighted by molar-refractivity contribution is -0.121. The average molecular weight is 263 g/mol. The Morgan fingerprint density at radius 3 is 2.84 bits per heavy atom. The minimum absolute atomic E-state index is 0.128. The second kappa shape index (κ2) is 7.27. The zero-order chi connectivity index (χ0) is 13.5. The van der Waals surface area contributed by atoms with Gasteiger partial charge in [-0.15, -0.1) is 0 Å². The van der Waals surface area contributed by atoms with Crippen molar-refractivity contribution in [3.63, 3.8) is 0 Å². The zero-order valence-corrected chi connectivity index (χ0v) is 11.3. The molecular weight excluding hydrogens is 241 g/mol. The van der Waals surface area contributed by atoms with Crippen LogP contribution >= 0.6 is 0 Å². The van der Waals surface area contributed by atoms with Crippen LogP contribution in [0.2, 0.25) is 0 Å². The van der Waals surface area contributed by atoms with Gasteiger partial charge in [-0.25, -0.2) is 4.39 Å². The van der Waals surface area contributed by atoms with E-state index in [2.05, 4.69) is 5.32 Å². The van der Waals surface area contributed by atoms with E-state index in [0.717, 1.165) is 17.9 Å². The summed E-state index contributed by atoms with van der Waals surface area (Å²) in [5.41, 5.74) is 0.927. The predicted molar refractivity (Wildman–Crippen MR) is 74.3 cm³/mol. The van der Waals surface area contributed by atoms with E-state index in [1.54, 1.807) is 6.07 Å². The summed E-state index contributed by atoms with van der Waals surface area (Å²) in [5, 5.41) is 2.91. The standard InChI is InChI=1S/C16H22FNO/c17-15-7-3-6-14(12-15)10-11-18-16(19)9-8-13-4-1-2-5-13/h3,6-7,12-13H,1-2,4-5,8-11H2,(H,18,19). The minimum atomic E-state index is -0.218. The molecule has 1 aliphatic carbocycles. The SMILES string of the molecule is O=C(CCC1CCCC1)NCCc1cccc(F)c1. The van der Waals surface area contributed by atoms with Gasteiger partial charge in [0.05, 0.1) is 0 Å². The Morgan fingerprint density at radius 2 is 2.11 bits per heavy atom. The molecule has 1 fully saturated rings.